The third-order valence-corrected chi connectivity index (χ3v) is 8.54. The van der Waals surface area contributed by atoms with E-state index in [-0.39, 0.29) is 29.7 Å². The van der Waals surface area contributed by atoms with E-state index in [0.29, 0.717) is 36.9 Å². The van der Waals surface area contributed by atoms with E-state index >= 15 is 0 Å². The Labute approximate surface area is 216 Å². The lowest BCUT2D eigenvalue weighted by atomic mass is 9.74. The largest absolute Gasteiger partial charge is 0.388 e. The van der Waals surface area contributed by atoms with Gasteiger partial charge in [0.15, 0.2) is 0 Å². The second-order valence-electron chi connectivity index (χ2n) is 11.3. The zero-order valence-corrected chi connectivity index (χ0v) is 21.2. The van der Waals surface area contributed by atoms with E-state index < -0.39 is 5.60 Å². The van der Waals surface area contributed by atoms with Crippen LogP contribution in [-0.2, 0) is 11.3 Å². The van der Waals surface area contributed by atoms with Crippen molar-refractivity contribution < 1.29 is 14.3 Å². The molecule has 6 rings (SSSR count). The number of pyridine rings is 1. The fourth-order valence-corrected chi connectivity index (χ4v) is 6.74. The number of hydrogen-bond acceptors (Lipinski definition) is 6. The number of hydrazine groups is 1. The number of nitrogens with zero attached hydrogens (tertiary/aromatic N) is 3. The quantitative estimate of drug-likeness (QED) is 0.423. The minimum atomic E-state index is -0.960. The lowest BCUT2D eigenvalue weighted by molar-refractivity contribution is -0.128. The highest BCUT2D eigenvalue weighted by atomic mass is 19.1. The van der Waals surface area contributed by atoms with Crippen molar-refractivity contribution in [3.63, 3.8) is 0 Å². The Bertz CT molecular complexity index is 1300. The average Bonchev–Trinajstić information content (AvgIpc) is 3.46. The number of halogens is 1. The van der Waals surface area contributed by atoms with Gasteiger partial charge < -0.3 is 10.4 Å². The third-order valence-electron chi connectivity index (χ3n) is 8.54. The number of aromatic nitrogens is 3. The molecule has 6 atom stereocenters. The summed E-state index contributed by atoms with van der Waals surface area (Å²) in [5.74, 6) is 0.110. The predicted molar refractivity (Wildman–Crippen MR) is 138 cm³/mol. The Morgan fingerprint density at radius 2 is 2.14 bits per heavy atom. The van der Waals surface area contributed by atoms with Crippen molar-refractivity contribution in [2.24, 2.45) is 11.8 Å². The summed E-state index contributed by atoms with van der Waals surface area (Å²) in [7, 11) is 0. The van der Waals surface area contributed by atoms with E-state index in [4.69, 9.17) is 0 Å². The molecule has 1 aromatic carbocycles. The zero-order valence-electron chi connectivity index (χ0n) is 21.2. The third kappa shape index (κ3) is 5.12. The summed E-state index contributed by atoms with van der Waals surface area (Å²) in [5, 5.41) is 19.9. The number of hydrogen-bond donors (Lipinski definition) is 4. The fourth-order valence-electron chi connectivity index (χ4n) is 6.74. The lowest BCUT2D eigenvalue weighted by Gasteiger charge is -2.38. The van der Waals surface area contributed by atoms with Gasteiger partial charge >= 0.3 is 0 Å². The summed E-state index contributed by atoms with van der Waals surface area (Å²) in [6, 6.07) is 9.14. The van der Waals surface area contributed by atoms with E-state index in [1.165, 1.54) is 17.7 Å². The molecule has 8 nitrogen and oxygen atoms in total. The average molecular weight is 507 g/mol. The fraction of sp³-hybridized carbons (Fsp3) is 0.536. The van der Waals surface area contributed by atoms with Crippen LogP contribution in [0.2, 0.25) is 0 Å². The highest BCUT2D eigenvalue weighted by molar-refractivity contribution is 5.79. The van der Waals surface area contributed by atoms with Crippen molar-refractivity contribution >= 4 is 16.8 Å². The van der Waals surface area contributed by atoms with Crippen molar-refractivity contribution in [3.05, 3.63) is 59.8 Å². The number of rotatable bonds is 5. The molecule has 37 heavy (non-hydrogen) atoms. The maximum Gasteiger partial charge on any atom is 0.223 e. The molecule has 1 amide bonds. The summed E-state index contributed by atoms with van der Waals surface area (Å²) in [6.45, 7) is 2.33. The van der Waals surface area contributed by atoms with Gasteiger partial charge in [-0.3, -0.25) is 19.9 Å². The van der Waals surface area contributed by atoms with Crippen LogP contribution in [0, 0.1) is 24.6 Å². The van der Waals surface area contributed by atoms with E-state index in [2.05, 4.69) is 38.4 Å². The monoisotopic (exact) mass is 506 g/mol. The van der Waals surface area contributed by atoms with Gasteiger partial charge in [0.2, 0.25) is 5.91 Å². The Morgan fingerprint density at radius 1 is 1.24 bits per heavy atom. The van der Waals surface area contributed by atoms with Gasteiger partial charge in [-0.1, -0.05) is 0 Å². The number of carbonyl (C=O) groups excluding carboxylic acids is 1. The minimum Gasteiger partial charge on any atom is -0.388 e. The first-order chi connectivity index (χ1) is 17.8. The van der Waals surface area contributed by atoms with Crippen LogP contribution in [0.15, 0.2) is 42.7 Å². The molecular formula is C28H35FN6O2. The molecule has 3 heterocycles. The highest BCUT2D eigenvalue weighted by Gasteiger charge is 2.43. The van der Waals surface area contributed by atoms with Crippen LogP contribution in [0.25, 0.3) is 10.9 Å². The molecule has 3 aliphatic rings. The number of amides is 1. The molecule has 196 valence electrons. The second kappa shape index (κ2) is 9.78. The van der Waals surface area contributed by atoms with Gasteiger partial charge in [-0.05, 0) is 93.7 Å². The Kier molecular flexibility index (Phi) is 6.46. The molecule has 1 aliphatic heterocycles. The van der Waals surface area contributed by atoms with Gasteiger partial charge in [-0.2, -0.15) is 5.10 Å². The van der Waals surface area contributed by atoms with Crippen LogP contribution >= 0.6 is 0 Å². The Balaban J connectivity index is 1.08. The molecular weight excluding hydrogens is 471 g/mol. The van der Waals surface area contributed by atoms with Crippen LogP contribution < -0.4 is 16.2 Å². The number of fused-ring (bicyclic) bond motifs is 2. The summed E-state index contributed by atoms with van der Waals surface area (Å²) < 4.78 is 15.3. The molecule has 1 saturated heterocycles. The van der Waals surface area contributed by atoms with Crippen molar-refractivity contribution in [1.82, 2.24) is 30.9 Å². The molecule has 0 bridgehead atoms. The summed E-state index contributed by atoms with van der Waals surface area (Å²) in [4.78, 5) is 17.7. The topological polar surface area (TPSA) is 104 Å². The molecule has 2 aliphatic carbocycles. The van der Waals surface area contributed by atoms with Crippen LogP contribution in [0.3, 0.4) is 0 Å². The first-order valence-electron chi connectivity index (χ1n) is 13.4. The van der Waals surface area contributed by atoms with E-state index in [0.717, 1.165) is 43.2 Å². The van der Waals surface area contributed by atoms with Crippen LogP contribution in [0.1, 0.15) is 62.2 Å². The van der Waals surface area contributed by atoms with Gasteiger partial charge in [0.1, 0.15) is 5.82 Å². The molecule has 9 heteroatoms. The summed E-state index contributed by atoms with van der Waals surface area (Å²) in [6.07, 6.45) is 9.12. The molecule has 3 fully saturated rings. The normalized spacial score (nSPS) is 31.8. The standard InChI is InChI=1S/C28H35FN6O2/c1-17-11-18(8-10-30-17)26-23-13-19(4-6-25(23)32-33-26)27(36)31-22-3-2-9-28(37,14-22)16-35-15-20-12-21(29)5-7-24(20)34-35/h5,7-8,10-12,15,19,22-23,25-26,32-33,37H,2-4,6,9,13-14,16H2,1H3,(H,31,36)/t19?,22-,23?,25?,26?,28-/m0/s1. The molecule has 4 unspecified atom stereocenters. The predicted octanol–water partition coefficient (Wildman–Crippen LogP) is 3.30. The molecule has 2 saturated carbocycles. The van der Waals surface area contributed by atoms with E-state index in [1.54, 1.807) is 16.9 Å². The molecule has 0 spiro atoms. The van der Waals surface area contributed by atoms with E-state index in [9.17, 15) is 14.3 Å². The Morgan fingerprint density at radius 3 is 3.00 bits per heavy atom. The van der Waals surface area contributed by atoms with Crippen LogP contribution in [-0.4, -0.2) is 43.5 Å². The van der Waals surface area contributed by atoms with Crippen LogP contribution in [0.4, 0.5) is 4.39 Å². The summed E-state index contributed by atoms with van der Waals surface area (Å²) >= 11 is 0. The first-order valence-corrected chi connectivity index (χ1v) is 13.4. The van der Waals surface area contributed by atoms with Crippen molar-refractivity contribution in [3.8, 4) is 0 Å². The SMILES string of the molecule is Cc1cc(C2NNC3CCC(C(=O)N[C@H]4CCC[C@@](O)(Cn5cc6cc(F)ccc6n5)C4)CC32)ccn1. The van der Waals surface area contributed by atoms with Crippen LogP contribution in [0.5, 0.6) is 0 Å². The van der Waals surface area contributed by atoms with Gasteiger partial charge in [0, 0.05) is 41.5 Å². The van der Waals surface area contributed by atoms with Gasteiger partial charge in [-0.15, -0.1) is 0 Å². The van der Waals surface area contributed by atoms with Gasteiger partial charge in [-0.25, -0.2) is 9.82 Å². The number of aliphatic hydroxyl groups is 1. The lowest BCUT2D eigenvalue weighted by Crippen LogP contribution is -2.50. The maximum atomic E-state index is 13.6. The van der Waals surface area contributed by atoms with Crippen molar-refractivity contribution in [2.75, 3.05) is 0 Å². The Hall–Kier alpha value is -2.88. The minimum absolute atomic E-state index is 0.0327. The number of nitrogens with one attached hydrogen (secondary N) is 3. The second-order valence-corrected chi connectivity index (χ2v) is 11.3. The molecule has 3 aromatic rings. The summed E-state index contributed by atoms with van der Waals surface area (Å²) in [5.41, 5.74) is 8.86. The number of benzene rings is 1. The molecule has 2 aromatic heterocycles. The van der Waals surface area contributed by atoms with Gasteiger partial charge in [0.25, 0.3) is 0 Å². The van der Waals surface area contributed by atoms with Crippen molar-refractivity contribution in [2.45, 2.75) is 82.1 Å². The number of aryl methyl sites for hydroxylation is 1. The molecule has 4 N–H and O–H groups in total. The molecule has 0 radical (unpaired) electrons. The van der Waals surface area contributed by atoms with E-state index in [1.807, 2.05) is 13.1 Å². The first kappa shape index (κ1) is 24.5. The van der Waals surface area contributed by atoms with Crippen molar-refractivity contribution in [1.29, 1.82) is 0 Å². The van der Waals surface area contributed by atoms with Gasteiger partial charge in [0.05, 0.1) is 23.7 Å². The number of carbonyl (C=O) groups is 1. The zero-order chi connectivity index (χ0) is 25.6. The maximum absolute atomic E-state index is 13.6. The highest BCUT2D eigenvalue weighted by Crippen LogP contribution is 2.41. The smallest absolute Gasteiger partial charge is 0.223 e.